The van der Waals surface area contributed by atoms with Gasteiger partial charge in [0.2, 0.25) is 0 Å². The number of nitrogens with zero attached hydrogens (tertiary/aromatic N) is 1. The Morgan fingerprint density at radius 3 is 1.90 bits per heavy atom. The molecule has 4 rings (SSSR count). The number of hydrogen-bond donors (Lipinski definition) is 0. The van der Waals surface area contributed by atoms with E-state index in [0.717, 1.165) is 43.0 Å². The molecule has 0 amide bonds. The largest absolute Gasteiger partial charge is 0.378 e. The van der Waals surface area contributed by atoms with E-state index in [1.165, 1.54) is 5.69 Å². The number of ether oxygens (including phenoxy) is 1. The summed E-state index contributed by atoms with van der Waals surface area (Å²) in [6, 6.07) is 28.3. The zero-order valence-electron chi connectivity index (χ0n) is 16.4. The molecule has 0 N–H and O–H groups in total. The predicted octanol–water partition coefficient (Wildman–Crippen LogP) is 4.94. The summed E-state index contributed by atoms with van der Waals surface area (Å²) in [5.74, 6) is -0.207. The van der Waals surface area contributed by atoms with Gasteiger partial charge in [-0.25, -0.2) is 0 Å². The number of allylic oxidation sites excluding steroid dienone is 1. The topological polar surface area (TPSA) is 29.5 Å². The van der Waals surface area contributed by atoms with Gasteiger partial charge in [-0.2, -0.15) is 0 Å². The second-order valence-corrected chi connectivity index (χ2v) is 7.18. The molecule has 0 radical (unpaired) electrons. The monoisotopic (exact) mass is 383 g/mol. The number of morpholine rings is 1. The van der Waals surface area contributed by atoms with E-state index in [2.05, 4.69) is 29.2 Å². The molecule has 0 saturated carbocycles. The lowest BCUT2D eigenvalue weighted by atomic mass is 9.87. The van der Waals surface area contributed by atoms with Crippen LogP contribution in [0.5, 0.6) is 0 Å². The van der Waals surface area contributed by atoms with Crippen molar-refractivity contribution in [3.8, 4) is 0 Å². The number of ketones is 1. The standard InChI is InChI=1S/C26H25NO2/c28-25(26(22-7-3-1-4-8-22)23-9-5-2-6-10-23)16-13-21-11-14-24(15-12-21)27-17-19-29-20-18-27/h1-16,26H,17-20H2/b16-13+. The minimum atomic E-state index is -0.290. The third-order valence-electron chi connectivity index (χ3n) is 5.26. The quantitative estimate of drug-likeness (QED) is 0.565. The summed E-state index contributed by atoms with van der Waals surface area (Å²) in [6.07, 6.45) is 3.61. The minimum Gasteiger partial charge on any atom is -0.378 e. The van der Waals surface area contributed by atoms with Gasteiger partial charge in [-0.05, 0) is 34.9 Å². The fourth-order valence-electron chi connectivity index (χ4n) is 3.70. The van der Waals surface area contributed by atoms with Crippen LogP contribution in [0, 0.1) is 0 Å². The summed E-state index contributed by atoms with van der Waals surface area (Å²) >= 11 is 0. The Morgan fingerprint density at radius 1 is 0.793 bits per heavy atom. The highest BCUT2D eigenvalue weighted by atomic mass is 16.5. The van der Waals surface area contributed by atoms with Crippen molar-refractivity contribution in [1.29, 1.82) is 0 Å². The van der Waals surface area contributed by atoms with E-state index in [1.807, 2.05) is 66.7 Å². The van der Waals surface area contributed by atoms with E-state index in [-0.39, 0.29) is 11.7 Å². The van der Waals surface area contributed by atoms with Crippen LogP contribution in [-0.2, 0) is 9.53 Å². The molecule has 0 spiro atoms. The first-order valence-corrected chi connectivity index (χ1v) is 10.1. The van der Waals surface area contributed by atoms with Gasteiger partial charge >= 0.3 is 0 Å². The van der Waals surface area contributed by atoms with Gasteiger partial charge in [0.1, 0.15) is 0 Å². The van der Waals surface area contributed by atoms with Crippen LogP contribution in [0.3, 0.4) is 0 Å². The summed E-state index contributed by atoms with van der Waals surface area (Å²) in [5, 5.41) is 0. The van der Waals surface area contributed by atoms with E-state index in [4.69, 9.17) is 4.74 Å². The van der Waals surface area contributed by atoms with Crippen molar-refractivity contribution in [2.45, 2.75) is 5.92 Å². The summed E-state index contributed by atoms with van der Waals surface area (Å²) < 4.78 is 5.41. The van der Waals surface area contributed by atoms with E-state index >= 15 is 0 Å². The molecule has 0 unspecified atom stereocenters. The van der Waals surface area contributed by atoms with Crippen molar-refractivity contribution in [3.63, 3.8) is 0 Å². The van der Waals surface area contributed by atoms with Crippen LogP contribution in [0.25, 0.3) is 6.08 Å². The molecule has 0 aliphatic carbocycles. The smallest absolute Gasteiger partial charge is 0.167 e. The zero-order chi connectivity index (χ0) is 19.9. The number of carbonyl (C=O) groups excluding carboxylic acids is 1. The molecule has 29 heavy (non-hydrogen) atoms. The summed E-state index contributed by atoms with van der Waals surface area (Å²) in [7, 11) is 0. The summed E-state index contributed by atoms with van der Waals surface area (Å²) in [6.45, 7) is 3.39. The first-order valence-electron chi connectivity index (χ1n) is 10.1. The van der Waals surface area contributed by atoms with Gasteiger partial charge in [0.05, 0.1) is 19.1 Å². The van der Waals surface area contributed by atoms with E-state index in [9.17, 15) is 4.79 Å². The summed E-state index contributed by atoms with van der Waals surface area (Å²) in [5.41, 5.74) is 4.24. The molecule has 3 aromatic rings. The lowest BCUT2D eigenvalue weighted by Gasteiger charge is -2.28. The normalized spacial score (nSPS) is 14.4. The molecule has 3 aromatic carbocycles. The number of carbonyl (C=O) groups is 1. The maximum absolute atomic E-state index is 13.1. The molecule has 0 atom stereocenters. The molecule has 146 valence electrons. The van der Waals surface area contributed by atoms with Crippen LogP contribution >= 0.6 is 0 Å². The van der Waals surface area contributed by atoms with Gasteiger partial charge < -0.3 is 9.64 Å². The van der Waals surface area contributed by atoms with Gasteiger partial charge in [-0.3, -0.25) is 4.79 Å². The highest BCUT2D eigenvalue weighted by Gasteiger charge is 2.20. The van der Waals surface area contributed by atoms with Gasteiger partial charge in [-0.1, -0.05) is 78.9 Å². The molecule has 0 bridgehead atoms. The Balaban J connectivity index is 1.52. The molecule has 1 fully saturated rings. The average Bonchev–Trinajstić information content (AvgIpc) is 2.80. The first kappa shape index (κ1) is 19.2. The third-order valence-corrected chi connectivity index (χ3v) is 5.26. The lowest BCUT2D eigenvalue weighted by molar-refractivity contribution is -0.115. The predicted molar refractivity (Wildman–Crippen MR) is 118 cm³/mol. The fourth-order valence-corrected chi connectivity index (χ4v) is 3.70. The van der Waals surface area contributed by atoms with E-state index < -0.39 is 0 Å². The maximum Gasteiger partial charge on any atom is 0.167 e. The third kappa shape index (κ3) is 4.82. The van der Waals surface area contributed by atoms with Crippen molar-refractivity contribution in [2.24, 2.45) is 0 Å². The van der Waals surface area contributed by atoms with Crippen molar-refractivity contribution in [1.82, 2.24) is 0 Å². The highest BCUT2D eigenvalue weighted by Crippen LogP contribution is 2.26. The molecule has 1 aliphatic heterocycles. The van der Waals surface area contributed by atoms with Crippen molar-refractivity contribution in [2.75, 3.05) is 31.2 Å². The molecule has 1 aliphatic rings. The van der Waals surface area contributed by atoms with Gasteiger partial charge in [0, 0.05) is 18.8 Å². The summed E-state index contributed by atoms with van der Waals surface area (Å²) in [4.78, 5) is 15.4. The molecule has 1 saturated heterocycles. The lowest BCUT2D eigenvalue weighted by Crippen LogP contribution is -2.36. The molecular formula is C26H25NO2. The maximum atomic E-state index is 13.1. The zero-order valence-corrected chi connectivity index (χ0v) is 16.4. The number of anilines is 1. The fraction of sp³-hybridized carbons (Fsp3) is 0.192. The van der Waals surface area contributed by atoms with Crippen LogP contribution in [0.1, 0.15) is 22.6 Å². The molecule has 3 heteroatoms. The highest BCUT2D eigenvalue weighted by molar-refractivity contribution is 6.00. The van der Waals surface area contributed by atoms with Crippen LogP contribution in [0.15, 0.2) is 91.0 Å². The average molecular weight is 383 g/mol. The molecule has 1 heterocycles. The van der Waals surface area contributed by atoms with Crippen LogP contribution in [-0.4, -0.2) is 32.1 Å². The second-order valence-electron chi connectivity index (χ2n) is 7.18. The molecular weight excluding hydrogens is 358 g/mol. The Labute approximate surface area is 172 Å². The van der Waals surface area contributed by atoms with Crippen LogP contribution in [0.4, 0.5) is 5.69 Å². The number of rotatable bonds is 6. The number of hydrogen-bond acceptors (Lipinski definition) is 3. The molecule has 0 aromatic heterocycles. The Hall–Kier alpha value is -3.17. The van der Waals surface area contributed by atoms with Gasteiger partial charge in [-0.15, -0.1) is 0 Å². The minimum absolute atomic E-state index is 0.0830. The van der Waals surface area contributed by atoms with Gasteiger partial charge in [0.25, 0.3) is 0 Å². The SMILES string of the molecule is O=C(/C=C/c1ccc(N2CCOCC2)cc1)C(c1ccccc1)c1ccccc1. The van der Waals surface area contributed by atoms with E-state index in [1.54, 1.807) is 6.08 Å². The molecule has 3 nitrogen and oxygen atoms in total. The first-order chi connectivity index (χ1) is 14.3. The van der Waals surface area contributed by atoms with Crippen molar-refractivity contribution < 1.29 is 9.53 Å². The van der Waals surface area contributed by atoms with Gasteiger partial charge in [0.15, 0.2) is 5.78 Å². The van der Waals surface area contributed by atoms with Crippen LogP contribution in [0.2, 0.25) is 0 Å². The van der Waals surface area contributed by atoms with Crippen LogP contribution < -0.4 is 4.90 Å². The van der Waals surface area contributed by atoms with Crippen molar-refractivity contribution in [3.05, 3.63) is 108 Å². The van der Waals surface area contributed by atoms with Crippen molar-refractivity contribution >= 4 is 17.5 Å². The Morgan fingerprint density at radius 2 is 1.34 bits per heavy atom. The second kappa shape index (κ2) is 9.35. The van der Waals surface area contributed by atoms with E-state index in [0.29, 0.717) is 0 Å². The number of benzene rings is 3. The Bertz CT molecular complexity index is 904. The Kier molecular flexibility index (Phi) is 6.18.